The number of hydrogen-bond donors (Lipinski definition) is 0. The topological polar surface area (TPSA) is 9.23 Å². The van der Waals surface area contributed by atoms with E-state index < -0.39 is 0 Å². The Morgan fingerprint density at radius 2 is 1.90 bits per heavy atom. The highest BCUT2D eigenvalue weighted by Gasteiger charge is 2.23. The molecule has 0 saturated carbocycles. The van der Waals surface area contributed by atoms with Crippen molar-refractivity contribution in [3.05, 3.63) is 41.0 Å². The van der Waals surface area contributed by atoms with Crippen LogP contribution in [-0.2, 0) is 5.41 Å². The van der Waals surface area contributed by atoms with E-state index in [1.54, 1.807) is 0 Å². The van der Waals surface area contributed by atoms with Gasteiger partial charge in [0.1, 0.15) is 5.75 Å². The van der Waals surface area contributed by atoms with Crippen LogP contribution in [0, 0.1) is 6.92 Å². The molecule has 0 aliphatic rings. The molecule has 0 radical (unpaired) electrons. The molecule has 0 aliphatic carbocycles. The summed E-state index contributed by atoms with van der Waals surface area (Å²) in [6.45, 7) is 16.1. The molecular weight excluding hydrogens is 244 g/mol. The van der Waals surface area contributed by atoms with E-state index in [0.717, 1.165) is 18.8 Å². The molecular formula is C19H30O. The standard InChI is InChI=1S/C19H30O/c1-8-10-11-15(4)16-12-14(3)13-17(19(5,6)7)18(16)20-9-2/h8,10,12-13,15H,9,11H2,1-7H3/b10-8-. The summed E-state index contributed by atoms with van der Waals surface area (Å²) < 4.78 is 6.03. The van der Waals surface area contributed by atoms with E-state index >= 15 is 0 Å². The summed E-state index contributed by atoms with van der Waals surface area (Å²) >= 11 is 0. The normalized spacial score (nSPS) is 13.8. The van der Waals surface area contributed by atoms with Crippen molar-refractivity contribution in [2.45, 2.75) is 66.2 Å². The molecule has 1 heteroatoms. The molecule has 20 heavy (non-hydrogen) atoms. The summed E-state index contributed by atoms with van der Waals surface area (Å²) in [6, 6.07) is 4.56. The van der Waals surface area contributed by atoms with Crippen molar-refractivity contribution >= 4 is 0 Å². The Morgan fingerprint density at radius 1 is 1.25 bits per heavy atom. The zero-order valence-corrected chi connectivity index (χ0v) is 14.2. The quantitative estimate of drug-likeness (QED) is 0.620. The summed E-state index contributed by atoms with van der Waals surface area (Å²) in [5.41, 5.74) is 4.09. The van der Waals surface area contributed by atoms with Crippen molar-refractivity contribution in [2.75, 3.05) is 6.61 Å². The van der Waals surface area contributed by atoms with E-state index in [4.69, 9.17) is 4.74 Å². The molecule has 1 rings (SSSR count). The summed E-state index contributed by atoms with van der Waals surface area (Å²) in [5.74, 6) is 1.58. The number of ether oxygens (including phenoxy) is 1. The summed E-state index contributed by atoms with van der Waals surface area (Å²) in [6.07, 6.45) is 5.42. The van der Waals surface area contributed by atoms with Crippen LogP contribution in [0.1, 0.15) is 70.6 Å². The molecule has 1 atom stereocenters. The Bertz CT molecular complexity index is 463. The Hall–Kier alpha value is -1.24. The number of aryl methyl sites for hydroxylation is 1. The molecule has 0 heterocycles. The van der Waals surface area contributed by atoms with Crippen molar-refractivity contribution in [3.8, 4) is 5.75 Å². The average molecular weight is 274 g/mol. The SMILES string of the molecule is C/C=C\CC(C)c1cc(C)cc(C(C)(C)C)c1OCC. The van der Waals surface area contributed by atoms with E-state index in [1.807, 2.05) is 0 Å². The van der Waals surface area contributed by atoms with Gasteiger partial charge in [0, 0.05) is 5.56 Å². The van der Waals surface area contributed by atoms with Gasteiger partial charge in [-0.2, -0.15) is 0 Å². The Morgan fingerprint density at radius 3 is 2.40 bits per heavy atom. The minimum atomic E-state index is 0.103. The smallest absolute Gasteiger partial charge is 0.126 e. The number of rotatable bonds is 5. The lowest BCUT2D eigenvalue weighted by atomic mass is 9.82. The third-order valence-electron chi connectivity index (χ3n) is 3.61. The maximum atomic E-state index is 6.03. The van der Waals surface area contributed by atoms with Crippen molar-refractivity contribution in [2.24, 2.45) is 0 Å². The first kappa shape index (κ1) is 16.8. The average Bonchev–Trinajstić information content (AvgIpc) is 2.36. The third kappa shape index (κ3) is 4.13. The van der Waals surface area contributed by atoms with Crippen LogP contribution in [0.5, 0.6) is 5.75 Å². The second-order valence-corrected chi connectivity index (χ2v) is 6.62. The molecule has 0 fully saturated rings. The Balaban J connectivity index is 3.37. The van der Waals surface area contributed by atoms with Gasteiger partial charge in [0.2, 0.25) is 0 Å². The van der Waals surface area contributed by atoms with Crippen LogP contribution in [0.25, 0.3) is 0 Å². The maximum absolute atomic E-state index is 6.03. The van der Waals surface area contributed by atoms with Crippen LogP contribution in [0.15, 0.2) is 24.3 Å². The minimum Gasteiger partial charge on any atom is -0.493 e. The first-order valence-electron chi connectivity index (χ1n) is 7.70. The number of hydrogen-bond acceptors (Lipinski definition) is 1. The summed E-state index contributed by atoms with van der Waals surface area (Å²) in [5, 5.41) is 0. The molecule has 0 spiro atoms. The fraction of sp³-hybridized carbons (Fsp3) is 0.579. The first-order chi connectivity index (χ1) is 9.31. The van der Waals surface area contributed by atoms with Crippen LogP contribution in [0.3, 0.4) is 0 Å². The second-order valence-electron chi connectivity index (χ2n) is 6.62. The lowest BCUT2D eigenvalue weighted by Crippen LogP contribution is -2.16. The zero-order chi connectivity index (χ0) is 15.3. The van der Waals surface area contributed by atoms with Crippen LogP contribution < -0.4 is 4.74 Å². The largest absolute Gasteiger partial charge is 0.493 e. The molecule has 0 saturated heterocycles. The van der Waals surface area contributed by atoms with Crippen molar-refractivity contribution < 1.29 is 4.74 Å². The van der Waals surface area contributed by atoms with Gasteiger partial charge in [-0.05, 0) is 44.1 Å². The van der Waals surface area contributed by atoms with Gasteiger partial charge in [0.15, 0.2) is 0 Å². The molecule has 0 N–H and O–H groups in total. The van der Waals surface area contributed by atoms with Crippen molar-refractivity contribution in [1.82, 2.24) is 0 Å². The lowest BCUT2D eigenvalue weighted by Gasteiger charge is -2.27. The molecule has 1 nitrogen and oxygen atoms in total. The summed E-state index contributed by atoms with van der Waals surface area (Å²) in [7, 11) is 0. The second kappa shape index (κ2) is 6.97. The van der Waals surface area contributed by atoms with E-state index in [0.29, 0.717) is 5.92 Å². The predicted octanol–water partition coefficient (Wildman–Crippen LogP) is 5.76. The van der Waals surface area contributed by atoms with E-state index in [1.165, 1.54) is 16.7 Å². The molecule has 1 aromatic rings. The van der Waals surface area contributed by atoms with Crippen LogP contribution in [0.4, 0.5) is 0 Å². The highest BCUT2D eigenvalue weighted by atomic mass is 16.5. The molecule has 112 valence electrons. The lowest BCUT2D eigenvalue weighted by molar-refractivity contribution is 0.324. The Kier molecular flexibility index (Phi) is 5.86. The van der Waals surface area contributed by atoms with Gasteiger partial charge in [0.25, 0.3) is 0 Å². The minimum absolute atomic E-state index is 0.103. The van der Waals surface area contributed by atoms with E-state index in [2.05, 4.69) is 72.8 Å². The van der Waals surface area contributed by atoms with Gasteiger partial charge < -0.3 is 4.74 Å². The molecule has 0 amide bonds. The predicted molar refractivity (Wildman–Crippen MR) is 88.9 cm³/mol. The first-order valence-corrected chi connectivity index (χ1v) is 7.70. The fourth-order valence-corrected chi connectivity index (χ4v) is 2.50. The van der Waals surface area contributed by atoms with Crippen LogP contribution in [0.2, 0.25) is 0 Å². The highest BCUT2D eigenvalue weighted by Crippen LogP contribution is 2.39. The molecule has 1 aromatic carbocycles. The van der Waals surface area contributed by atoms with Crippen molar-refractivity contribution in [3.63, 3.8) is 0 Å². The fourth-order valence-electron chi connectivity index (χ4n) is 2.50. The highest BCUT2D eigenvalue weighted by molar-refractivity contribution is 5.49. The molecule has 1 unspecified atom stereocenters. The van der Waals surface area contributed by atoms with Crippen molar-refractivity contribution in [1.29, 1.82) is 0 Å². The monoisotopic (exact) mass is 274 g/mol. The molecule has 0 aromatic heterocycles. The molecule has 0 bridgehead atoms. The maximum Gasteiger partial charge on any atom is 0.126 e. The molecule has 0 aliphatic heterocycles. The Labute approximate surface area is 125 Å². The summed E-state index contributed by atoms with van der Waals surface area (Å²) in [4.78, 5) is 0. The van der Waals surface area contributed by atoms with E-state index in [-0.39, 0.29) is 5.41 Å². The number of allylic oxidation sites excluding steroid dienone is 2. The third-order valence-corrected chi connectivity index (χ3v) is 3.61. The van der Waals surface area contributed by atoms with Crippen LogP contribution >= 0.6 is 0 Å². The number of benzene rings is 1. The van der Waals surface area contributed by atoms with Gasteiger partial charge in [0.05, 0.1) is 6.61 Å². The van der Waals surface area contributed by atoms with Gasteiger partial charge in [-0.25, -0.2) is 0 Å². The van der Waals surface area contributed by atoms with Gasteiger partial charge in [-0.3, -0.25) is 0 Å². The van der Waals surface area contributed by atoms with Gasteiger partial charge >= 0.3 is 0 Å². The van der Waals surface area contributed by atoms with Crippen LogP contribution in [-0.4, -0.2) is 6.61 Å². The van der Waals surface area contributed by atoms with Gasteiger partial charge in [-0.15, -0.1) is 0 Å². The zero-order valence-electron chi connectivity index (χ0n) is 14.2. The van der Waals surface area contributed by atoms with Gasteiger partial charge in [-0.1, -0.05) is 57.5 Å². The van der Waals surface area contributed by atoms with E-state index in [9.17, 15) is 0 Å².